The van der Waals surface area contributed by atoms with E-state index in [0.717, 1.165) is 11.4 Å². The summed E-state index contributed by atoms with van der Waals surface area (Å²) in [5.74, 6) is 5.72. The first-order valence-electron chi connectivity index (χ1n) is 4.17. The van der Waals surface area contributed by atoms with Crippen molar-refractivity contribution in [3.8, 4) is 5.82 Å². The van der Waals surface area contributed by atoms with Crippen molar-refractivity contribution in [2.24, 2.45) is 5.90 Å². The monoisotopic (exact) mass is 226 g/mol. The van der Waals surface area contributed by atoms with Crippen molar-refractivity contribution in [3.05, 3.63) is 42.4 Å². The molecule has 0 unspecified atom stereocenters. The zero-order valence-corrected chi connectivity index (χ0v) is 8.72. The molecule has 2 aromatic heterocycles. The van der Waals surface area contributed by atoms with Gasteiger partial charge in [0.05, 0.1) is 6.61 Å². The molecule has 2 aromatic rings. The van der Waals surface area contributed by atoms with Crippen LogP contribution >= 0.6 is 12.4 Å². The van der Waals surface area contributed by atoms with Crippen molar-refractivity contribution in [1.29, 1.82) is 0 Å². The zero-order valence-electron chi connectivity index (χ0n) is 7.91. The van der Waals surface area contributed by atoms with Crippen molar-refractivity contribution in [2.45, 2.75) is 6.61 Å². The van der Waals surface area contributed by atoms with Crippen LogP contribution in [0.1, 0.15) is 5.56 Å². The fraction of sp³-hybridized carbons (Fsp3) is 0.111. The highest BCUT2D eigenvalue weighted by atomic mass is 35.5. The van der Waals surface area contributed by atoms with Gasteiger partial charge in [-0.05, 0) is 17.7 Å². The van der Waals surface area contributed by atoms with Crippen LogP contribution in [0.4, 0.5) is 0 Å². The van der Waals surface area contributed by atoms with Gasteiger partial charge in [0.15, 0.2) is 5.82 Å². The number of halogens is 1. The first kappa shape index (κ1) is 11.6. The molecule has 80 valence electrons. The molecule has 0 saturated carbocycles. The molecular weight excluding hydrogens is 216 g/mol. The van der Waals surface area contributed by atoms with Gasteiger partial charge in [0, 0.05) is 18.6 Å². The van der Waals surface area contributed by atoms with Crippen molar-refractivity contribution in [2.75, 3.05) is 0 Å². The quantitative estimate of drug-likeness (QED) is 0.796. The number of pyridine rings is 1. The molecule has 2 heterocycles. The van der Waals surface area contributed by atoms with Crippen LogP contribution < -0.4 is 5.90 Å². The number of nitrogens with zero attached hydrogens (tertiary/aromatic N) is 3. The third-order valence-corrected chi connectivity index (χ3v) is 1.80. The van der Waals surface area contributed by atoms with Crippen LogP contribution in [-0.2, 0) is 11.4 Å². The Hall–Kier alpha value is -1.43. The lowest BCUT2D eigenvalue weighted by Crippen LogP contribution is -2.01. The Balaban J connectivity index is 0.00000112. The third-order valence-electron chi connectivity index (χ3n) is 1.80. The number of hydrogen-bond donors (Lipinski definition) is 1. The molecule has 0 spiro atoms. The molecule has 0 aliphatic heterocycles. The summed E-state index contributed by atoms with van der Waals surface area (Å²) < 4.78 is 1.69. The zero-order chi connectivity index (χ0) is 9.80. The van der Waals surface area contributed by atoms with Crippen molar-refractivity contribution in [1.82, 2.24) is 14.8 Å². The van der Waals surface area contributed by atoms with Gasteiger partial charge >= 0.3 is 0 Å². The van der Waals surface area contributed by atoms with Gasteiger partial charge in [-0.15, -0.1) is 12.4 Å². The molecule has 5 nitrogen and oxygen atoms in total. The summed E-state index contributed by atoms with van der Waals surface area (Å²) in [6, 6.07) is 5.61. The van der Waals surface area contributed by atoms with Crippen LogP contribution in [0.25, 0.3) is 5.82 Å². The average molecular weight is 227 g/mol. The fourth-order valence-electron chi connectivity index (χ4n) is 1.14. The maximum absolute atomic E-state index is 4.95. The minimum atomic E-state index is 0. The predicted molar refractivity (Wildman–Crippen MR) is 57.6 cm³/mol. The summed E-state index contributed by atoms with van der Waals surface area (Å²) >= 11 is 0. The largest absolute Gasteiger partial charge is 0.300 e. The molecule has 6 heteroatoms. The molecule has 0 radical (unpaired) electrons. The SMILES string of the molecule is Cl.NOCc1ccc(-n2cccn2)nc1. The molecule has 0 atom stereocenters. The molecular formula is C9H11ClN4O. The highest BCUT2D eigenvalue weighted by Crippen LogP contribution is 2.04. The maximum Gasteiger partial charge on any atom is 0.153 e. The Morgan fingerprint density at radius 3 is 2.80 bits per heavy atom. The second-order valence-corrected chi connectivity index (χ2v) is 2.79. The van der Waals surface area contributed by atoms with E-state index in [9.17, 15) is 0 Å². The van der Waals surface area contributed by atoms with E-state index in [1.807, 2.05) is 24.4 Å². The van der Waals surface area contributed by atoms with E-state index in [2.05, 4.69) is 14.9 Å². The van der Waals surface area contributed by atoms with E-state index in [1.54, 1.807) is 17.1 Å². The molecule has 0 aliphatic rings. The van der Waals surface area contributed by atoms with Crippen LogP contribution in [-0.4, -0.2) is 14.8 Å². The summed E-state index contributed by atoms with van der Waals surface area (Å²) in [7, 11) is 0. The topological polar surface area (TPSA) is 66.0 Å². The molecule has 0 saturated heterocycles. The van der Waals surface area contributed by atoms with Gasteiger partial charge < -0.3 is 0 Å². The van der Waals surface area contributed by atoms with Gasteiger partial charge in [-0.2, -0.15) is 5.10 Å². The van der Waals surface area contributed by atoms with Gasteiger partial charge in [-0.25, -0.2) is 15.6 Å². The standard InChI is InChI=1S/C9H10N4O.ClH/c10-14-7-8-2-3-9(11-6-8)13-5-1-4-12-13;/h1-6H,7,10H2;1H. The minimum Gasteiger partial charge on any atom is -0.300 e. The number of aromatic nitrogens is 3. The van der Waals surface area contributed by atoms with Crippen LogP contribution in [0.5, 0.6) is 0 Å². The Morgan fingerprint density at radius 1 is 1.40 bits per heavy atom. The Morgan fingerprint density at radius 2 is 2.27 bits per heavy atom. The number of nitrogens with two attached hydrogens (primary N) is 1. The van der Waals surface area contributed by atoms with E-state index in [4.69, 9.17) is 5.90 Å². The number of hydrogen-bond acceptors (Lipinski definition) is 4. The first-order valence-corrected chi connectivity index (χ1v) is 4.17. The molecule has 0 bridgehead atoms. The van der Waals surface area contributed by atoms with E-state index < -0.39 is 0 Å². The first-order chi connectivity index (χ1) is 6.90. The summed E-state index contributed by atoms with van der Waals surface area (Å²) in [4.78, 5) is 8.70. The molecule has 0 amide bonds. The molecule has 2 rings (SSSR count). The average Bonchev–Trinajstić information content (AvgIpc) is 2.72. The van der Waals surface area contributed by atoms with Crippen LogP contribution in [0.3, 0.4) is 0 Å². The lowest BCUT2D eigenvalue weighted by molar-refractivity contribution is 0.124. The Kier molecular flexibility index (Phi) is 4.23. The van der Waals surface area contributed by atoms with E-state index in [-0.39, 0.29) is 12.4 Å². The van der Waals surface area contributed by atoms with E-state index in [1.165, 1.54) is 0 Å². The summed E-state index contributed by atoms with van der Waals surface area (Å²) in [5, 5.41) is 4.06. The van der Waals surface area contributed by atoms with Gasteiger partial charge in [0.1, 0.15) is 0 Å². The normalized spacial score (nSPS) is 9.67. The molecule has 2 N–H and O–H groups in total. The smallest absolute Gasteiger partial charge is 0.153 e. The van der Waals surface area contributed by atoms with E-state index >= 15 is 0 Å². The van der Waals surface area contributed by atoms with Crippen LogP contribution in [0.2, 0.25) is 0 Å². The van der Waals surface area contributed by atoms with Crippen LogP contribution in [0.15, 0.2) is 36.8 Å². The summed E-state index contributed by atoms with van der Waals surface area (Å²) in [5.41, 5.74) is 0.934. The minimum absolute atomic E-state index is 0. The summed E-state index contributed by atoms with van der Waals surface area (Å²) in [6.07, 6.45) is 5.25. The predicted octanol–water partition coefficient (Wildman–Crippen LogP) is 1.08. The maximum atomic E-state index is 4.95. The second kappa shape index (κ2) is 5.45. The van der Waals surface area contributed by atoms with Gasteiger partial charge in [-0.3, -0.25) is 4.84 Å². The van der Waals surface area contributed by atoms with Crippen molar-refractivity contribution < 1.29 is 4.84 Å². The lowest BCUT2D eigenvalue weighted by atomic mass is 10.3. The van der Waals surface area contributed by atoms with Crippen LogP contribution in [0, 0.1) is 0 Å². The summed E-state index contributed by atoms with van der Waals surface area (Å²) in [6.45, 7) is 0.367. The Bertz CT molecular complexity index is 387. The fourth-order valence-corrected chi connectivity index (χ4v) is 1.14. The molecule has 0 fully saturated rings. The highest BCUT2D eigenvalue weighted by molar-refractivity contribution is 5.85. The van der Waals surface area contributed by atoms with Gasteiger partial charge in [0.25, 0.3) is 0 Å². The Labute approximate surface area is 93.2 Å². The van der Waals surface area contributed by atoms with Gasteiger partial charge in [0.2, 0.25) is 0 Å². The highest BCUT2D eigenvalue weighted by Gasteiger charge is 1.97. The molecule has 0 aliphatic carbocycles. The second-order valence-electron chi connectivity index (χ2n) is 2.79. The van der Waals surface area contributed by atoms with Crippen molar-refractivity contribution in [3.63, 3.8) is 0 Å². The number of rotatable bonds is 3. The lowest BCUT2D eigenvalue weighted by Gasteiger charge is -2.01. The van der Waals surface area contributed by atoms with Gasteiger partial charge in [-0.1, -0.05) is 6.07 Å². The molecule has 0 aromatic carbocycles. The van der Waals surface area contributed by atoms with Crippen molar-refractivity contribution >= 4 is 12.4 Å². The third kappa shape index (κ3) is 2.76. The van der Waals surface area contributed by atoms with E-state index in [0.29, 0.717) is 6.61 Å². The molecule has 15 heavy (non-hydrogen) atoms.